The molecule has 0 spiro atoms. The number of nitrogens with zero attached hydrogens (tertiary/aromatic N) is 2. The van der Waals surface area contributed by atoms with Crippen LogP contribution in [0.2, 0.25) is 0 Å². The van der Waals surface area contributed by atoms with Crippen LogP contribution >= 0.6 is 0 Å². The van der Waals surface area contributed by atoms with Crippen molar-refractivity contribution in [2.45, 2.75) is 13.8 Å². The molecule has 0 unspecified atom stereocenters. The van der Waals surface area contributed by atoms with Crippen LogP contribution in [0.25, 0.3) is 0 Å². The Bertz CT molecular complexity index is 839. The lowest BCUT2D eigenvalue weighted by molar-refractivity contribution is -0.385. The molecule has 0 amide bonds. The van der Waals surface area contributed by atoms with E-state index in [9.17, 15) is 14.9 Å². The van der Waals surface area contributed by atoms with Gasteiger partial charge in [-0.15, -0.1) is 0 Å². The summed E-state index contributed by atoms with van der Waals surface area (Å²) < 4.78 is 10.7. The van der Waals surface area contributed by atoms with Crippen LogP contribution in [0.5, 0.6) is 11.5 Å². The lowest BCUT2D eigenvalue weighted by atomic mass is 10.1. The highest BCUT2D eigenvalue weighted by atomic mass is 16.6. The molecule has 0 radical (unpaired) electrons. The summed E-state index contributed by atoms with van der Waals surface area (Å²) in [4.78, 5) is 22.5. The van der Waals surface area contributed by atoms with Crippen molar-refractivity contribution in [2.75, 3.05) is 6.61 Å². The Morgan fingerprint density at radius 3 is 2.58 bits per heavy atom. The number of rotatable bonds is 5. The van der Waals surface area contributed by atoms with Gasteiger partial charge in [0.15, 0.2) is 11.5 Å². The quantitative estimate of drug-likeness (QED) is 0.361. The molecule has 0 atom stereocenters. The van der Waals surface area contributed by atoms with Crippen LogP contribution in [0.15, 0.2) is 36.4 Å². The van der Waals surface area contributed by atoms with Gasteiger partial charge in [-0.2, -0.15) is 5.26 Å². The fourth-order valence-electron chi connectivity index (χ4n) is 2.08. The van der Waals surface area contributed by atoms with Gasteiger partial charge in [0.1, 0.15) is 0 Å². The number of carbonyl (C=O) groups is 1. The second-order valence-corrected chi connectivity index (χ2v) is 4.85. The van der Waals surface area contributed by atoms with Crippen LogP contribution < -0.4 is 9.47 Å². The van der Waals surface area contributed by atoms with Crippen LogP contribution in [0.4, 0.5) is 5.69 Å². The third-order valence-electron chi connectivity index (χ3n) is 3.20. The molecular formula is C17H14N2O5. The fraction of sp³-hybridized carbons (Fsp3) is 0.176. The number of nitro groups is 1. The SMILES string of the molecule is CCOc1cc(C#N)ccc1OC(=O)c1ccc([N+](=O)[O-])c(C)c1. The molecule has 122 valence electrons. The maximum absolute atomic E-state index is 12.2. The van der Waals surface area contributed by atoms with E-state index in [1.54, 1.807) is 13.8 Å². The molecule has 7 heteroatoms. The number of esters is 1. The predicted octanol–water partition coefficient (Wildman–Crippen LogP) is 3.39. The molecule has 7 nitrogen and oxygen atoms in total. The molecule has 0 aliphatic rings. The second kappa shape index (κ2) is 7.24. The van der Waals surface area contributed by atoms with Gasteiger partial charge in [0.05, 0.1) is 28.7 Å². The molecule has 24 heavy (non-hydrogen) atoms. The van der Waals surface area contributed by atoms with Gasteiger partial charge in [0, 0.05) is 17.7 Å². The molecule has 0 heterocycles. The van der Waals surface area contributed by atoms with Crippen molar-refractivity contribution in [2.24, 2.45) is 0 Å². The summed E-state index contributed by atoms with van der Waals surface area (Å²) >= 11 is 0. The van der Waals surface area contributed by atoms with E-state index in [0.717, 1.165) is 0 Å². The minimum Gasteiger partial charge on any atom is -0.490 e. The number of hydrogen-bond donors (Lipinski definition) is 0. The molecule has 0 aromatic heterocycles. The first-order chi connectivity index (χ1) is 11.5. The number of aryl methyl sites for hydroxylation is 1. The molecule has 2 aromatic carbocycles. The molecule has 2 rings (SSSR count). The smallest absolute Gasteiger partial charge is 0.343 e. The summed E-state index contributed by atoms with van der Waals surface area (Å²) in [6.45, 7) is 3.66. The summed E-state index contributed by atoms with van der Waals surface area (Å²) in [7, 11) is 0. The van der Waals surface area contributed by atoms with E-state index in [4.69, 9.17) is 14.7 Å². The molecule has 0 N–H and O–H groups in total. The van der Waals surface area contributed by atoms with Gasteiger partial charge in [-0.05, 0) is 38.1 Å². The van der Waals surface area contributed by atoms with Crippen molar-refractivity contribution in [1.29, 1.82) is 5.26 Å². The standard InChI is InChI=1S/C17H14N2O5/c1-3-23-16-9-12(10-18)4-7-15(16)24-17(20)13-5-6-14(19(21)22)11(2)8-13/h4-9H,3H2,1-2H3. The second-order valence-electron chi connectivity index (χ2n) is 4.85. The van der Waals surface area contributed by atoms with Crippen molar-refractivity contribution in [3.63, 3.8) is 0 Å². The maximum atomic E-state index is 12.2. The van der Waals surface area contributed by atoms with E-state index in [1.807, 2.05) is 6.07 Å². The highest BCUT2D eigenvalue weighted by molar-refractivity contribution is 5.92. The molecule has 0 aliphatic carbocycles. The average Bonchev–Trinajstić information content (AvgIpc) is 2.56. The topological polar surface area (TPSA) is 102 Å². The fourth-order valence-corrected chi connectivity index (χ4v) is 2.08. The highest BCUT2D eigenvalue weighted by Gasteiger charge is 2.17. The van der Waals surface area contributed by atoms with Crippen LogP contribution in [-0.2, 0) is 0 Å². The first kappa shape index (κ1) is 17.0. The molecule has 0 fully saturated rings. The lowest BCUT2D eigenvalue weighted by Crippen LogP contribution is -2.10. The van der Waals surface area contributed by atoms with Crippen molar-refractivity contribution in [1.82, 2.24) is 0 Å². The monoisotopic (exact) mass is 326 g/mol. The predicted molar refractivity (Wildman–Crippen MR) is 85.1 cm³/mol. The summed E-state index contributed by atoms with van der Waals surface area (Å²) in [5, 5.41) is 19.7. The van der Waals surface area contributed by atoms with Crippen molar-refractivity contribution < 1.29 is 19.2 Å². The Kier molecular flexibility index (Phi) is 5.12. The van der Waals surface area contributed by atoms with E-state index in [2.05, 4.69) is 0 Å². The number of hydrogen-bond acceptors (Lipinski definition) is 6. The number of nitro benzene ring substituents is 1. The average molecular weight is 326 g/mol. The molecule has 0 aliphatic heterocycles. The van der Waals surface area contributed by atoms with Crippen LogP contribution in [-0.4, -0.2) is 17.5 Å². The van der Waals surface area contributed by atoms with Crippen molar-refractivity contribution in [3.8, 4) is 17.6 Å². The Labute approximate surface area is 138 Å². The van der Waals surface area contributed by atoms with E-state index < -0.39 is 10.9 Å². The van der Waals surface area contributed by atoms with Gasteiger partial charge >= 0.3 is 5.97 Å². The van der Waals surface area contributed by atoms with Crippen molar-refractivity contribution in [3.05, 3.63) is 63.2 Å². The number of ether oxygens (including phenoxy) is 2. The number of nitriles is 1. The van der Waals surface area contributed by atoms with E-state index in [1.165, 1.54) is 36.4 Å². The van der Waals surface area contributed by atoms with E-state index >= 15 is 0 Å². The first-order valence-corrected chi connectivity index (χ1v) is 7.10. The zero-order valence-electron chi connectivity index (χ0n) is 13.1. The minimum absolute atomic E-state index is 0.0695. The van der Waals surface area contributed by atoms with E-state index in [-0.39, 0.29) is 22.7 Å². The maximum Gasteiger partial charge on any atom is 0.343 e. The summed E-state index contributed by atoms with van der Waals surface area (Å²) in [6, 6.07) is 10.4. The molecule has 0 bridgehead atoms. The Hall–Kier alpha value is -3.40. The summed E-state index contributed by atoms with van der Waals surface area (Å²) in [5.74, 6) is -0.209. The highest BCUT2D eigenvalue weighted by Crippen LogP contribution is 2.29. The van der Waals surface area contributed by atoms with Gasteiger partial charge in [0.25, 0.3) is 5.69 Å². The van der Waals surface area contributed by atoms with Gasteiger partial charge in [-0.1, -0.05) is 0 Å². The Balaban J connectivity index is 2.28. The van der Waals surface area contributed by atoms with Crippen LogP contribution in [0.1, 0.15) is 28.4 Å². The largest absolute Gasteiger partial charge is 0.490 e. The first-order valence-electron chi connectivity index (χ1n) is 7.10. The number of carbonyl (C=O) groups excluding carboxylic acids is 1. The zero-order valence-corrected chi connectivity index (χ0v) is 13.1. The minimum atomic E-state index is -0.668. The molecule has 0 saturated heterocycles. The van der Waals surface area contributed by atoms with Crippen LogP contribution in [0, 0.1) is 28.4 Å². The lowest BCUT2D eigenvalue weighted by Gasteiger charge is -2.11. The molecule has 2 aromatic rings. The van der Waals surface area contributed by atoms with Crippen molar-refractivity contribution >= 4 is 11.7 Å². The van der Waals surface area contributed by atoms with E-state index in [0.29, 0.717) is 17.7 Å². The van der Waals surface area contributed by atoms with Gasteiger partial charge in [0.2, 0.25) is 0 Å². The molecule has 0 saturated carbocycles. The number of benzene rings is 2. The normalized spacial score (nSPS) is 9.88. The van der Waals surface area contributed by atoms with Gasteiger partial charge in [-0.25, -0.2) is 4.79 Å². The van der Waals surface area contributed by atoms with Gasteiger partial charge in [-0.3, -0.25) is 10.1 Å². The summed E-state index contributed by atoms with van der Waals surface area (Å²) in [6.07, 6.45) is 0. The third-order valence-corrected chi connectivity index (χ3v) is 3.20. The Morgan fingerprint density at radius 2 is 2.00 bits per heavy atom. The Morgan fingerprint density at radius 1 is 1.25 bits per heavy atom. The zero-order chi connectivity index (χ0) is 17.7. The van der Waals surface area contributed by atoms with Crippen LogP contribution in [0.3, 0.4) is 0 Å². The summed E-state index contributed by atoms with van der Waals surface area (Å²) in [5.41, 5.74) is 0.855. The molecular weight excluding hydrogens is 312 g/mol. The van der Waals surface area contributed by atoms with Gasteiger partial charge < -0.3 is 9.47 Å². The third kappa shape index (κ3) is 3.67.